The van der Waals surface area contributed by atoms with E-state index in [4.69, 9.17) is 0 Å². The molecule has 1 aliphatic heterocycles. The van der Waals surface area contributed by atoms with Crippen LogP contribution in [0.15, 0.2) is 18.2 Å². The van der Waals surface area contributed by atoms with Crippen LogP contribution in [0.2, 0.25) is 0 Å². The summed E-state index contributed by atoms with van der Waals surface area (Å²) in [6, 6.07) is 5.50. The molecule has 1 heterocycles. The molecule has 1 amide bonds. The number of hydrogen-bond donors (Lipinski definition) is 1. The molecule has 0 bridgehead atoms. The zero-order valence-electron chi connectivity index (χ0n) is 11.3. The quantitative estimate of drug-likeness (QED) is 0.807. The van der Waals surface area contributed by atoms with Gasteiger partial charge in [-0.05, 0) is 54.3 Å². The van der Waals surface area contributed by atoms with Crippen molar-refractivity contribution in [1.82, 2.24) is 9.80 Å². The number of likely N-dealkylation sites (N-methyl/N-ethyl adjacent to an activating group) is 1. The second kappa shape index (κ2) is 6.09. The summed E-state index contributed by atoms with van der Waals surface area (Å²) in [6.07, 6.45) is 0. The van der Waals surface area contributed by atoms with Gasteiger partial charge in [-0.3, -0.25) is 9.69 Å². The van der Waals surface area contributed by atoms with E-state index in [2.05, 4.69) is 18.7 Å². The molecule has 1 atom stereocenters. The number of carbonyl (C=O) groups is 1. The highest BCUT2D eigenvalue weighted by Crippen LogP contribution is 2.22. The van der Waals surface area contributed by atoms with E-state index in [1.165, 1.54) is 0 Å². The molecule has 104 valence electrons. The number of benzene rings is 1. The first-order valence-electron chi connectivity index (χ1n) is 6.54. The normalized spacial score (nSPS) is 20.6. The van der Waals surface area contributed by atoms with Crippen molar-refractivity contribution in [2.45, 2.75) is 19.9 Å². The SMILES string of the molecule is CCN1CCN(C(=O)c2ccc(I)c(O)c2)CC1C. The molecule has 1 aliphatic rings. The molecule has 1 unspecified atom stereocenters. The van der Waals surface area contributed by atoms with E-state index in [1.807, 2.05) is 27.5 Å². The van der Waals surface area contributed by atoms with E-state index in [-0.39, 0.29) is 11.7 Å². The van der Waals surface area contributed by atoms with Crippen molar-refractivity contribution < 1.29 is 9.90 Å². The Kier molecular flexibility index (Phi) is 4.67. The van der Waals surface area contributed by atoms with E-state index in [0.29, 0.717) is 11.6 Å². The van der Waals surface area contributed by atoms with Gasteiger partial charge in [0.1, 0.15) is 5.75 Å². The molecule has 0 spiro atoms. The molecule has 0 aliphatic carbocycles. The minimum absolute atomic E-state index is 0.00861. The van der Waals surface area contributed by atoms with Crippen molar-refractivity contribution >= 4 is 28.5 Å². The second-order valence-corrected chi connectivity index (χ2v) is 6.06. The molecule has 1 N–H and O–H groups in total. The van der Waals surface area contributed by atoms with Gasteiger partial charge in [-0.15, -0.1) is 0 Å². The smallest absolute Gasteiger partial charge is 0.254 e. The lowest BCUT2D eigenvalue weighted by molar-refractivity contribution is 0.0528. The van der Waals surface area contributed by atoms with Gasteiger partial charge in [0.15, 0.2) is 0 Å². The van der Waals surface area contributed by atoms with Gasteiger partial charge in [0.2, 0.25) is 0 Å². The number of phenols is 1. The molecular weight excluding hydrogens is 355 g/mol. The van der Waals surface area contributed by atoms with Gasteiger partial charge in [-0.2, -0.15) is 0 Å². The lowest BCUT2D eigenvalue weighted by atomic mass is 10.1. The Morgan fingerprint density at radius 2 is 2.21 bits per heavy atom. The molecule has 1 fully saturated rings. The Hall–Kier alpha value is -0.820. The highest BCUT2D eigenvalue weighted by Gasteiger charge is 2.26. The first kappa shape index (κ1) is 14.6. The van der Waals surface area contributed by atoms with Crippen LogP contribution in [-0.2, 0) is 0 Å². The topological polar surface area (TPSA) is 43.8 Å². The predicted octanol–water partition coefficient (Wildman–Crippen LogP) is 2.16. The van der Waals surface area contributed by atoms with Gasteiger partial charge < -0.3 is 10.0 Å². The average molecular weight is 374 g/mol. The maximum absolute atomic E-state index is 12.4. The largest absolute Gasteiger partial charge is 0.507 e. The predicted molar refractivity (Wildman–Crippen MR) is 83.4 cm³/mol. The molecule has 0 saturated carbocycles. The summed E-state index contributed by atoms with van der Waals surface area (Å²) in [5.74, 6) is 0.181. The lowest BCUT2D eigenvalue weighted by Gasteiger charge is -2.39. The Bertz CT molecular complexity index is 479. The van der Waals surface area contributed by atoms with Crippen LogP contribution in [0.5, 0.6) is 5.75 Å². The molecule has 2 rings (SSSR count). The van der Waals surface area contributed by atoms with Crippen molar-refractivity contribution in [2.24, 2.45) is 0 Å². The molecule has 5 heteroatoms. The number of piperazine rings is 1. The molecule has 1 aromatic carbocycles. The van der Waals surface area contributed by atoms with E-state index < -0.39 is 0 Å². The fourth-order valence-corrected chi connectivity index (χ4v) is 2.81. The average Bonchev–Trinajstić information content (AvgIpc) is 2.41. The van der Waals surface area contributed by atoms with Crippen LogP contribution in [0.1, 0.15) is 24.2 Å². The monoisotopic (exact) mass is 374 g/mol. The highest BCUT2D eigenvalue weighted by molar-refractivity contribution is 14.1. The van der Waals surface area contributed by atoms with Gasteiger partial charge in [0, 0.05) is 31.2 Å². The summed E-state index contributed by atoms with van der Waals surface area (Å²) in [5, 5.41) is 9.69. The fourth-order valence-electron chi connectivity index (χ4n) is 2.48. The fraction of sp³-hybridized carbons (Fsp3) is 0.500. The third-order valence-corrected chi connectivity index (χ3v) is 4.56. The summed E-state index contributed by atoms with van der Waals surface area (Å²) in [5.41, 5.74) is 0.565. The standard InChI is InChI=1S/C14H19IN2O2/c1-3-16-6-7-17(9-10(16)2)14(19)11-4-5-12(15)13(18)8-11/h4-5,8,10,18H,3,6-7,9H2,1-2H3. The van der Waals surface area contributed by atoms with Crippen LogP contribution in [0.4, 0.5) is 0 Å². The van der Waals surface area contributed by atoms with Gasteiger partial charge in [-0.1, -0.05) is 6.92 Å². The van der Waals surface area contributed by atoms with E-state index in [9.17, 15) is 9.90 Å². The van der Waals surface area contributed by atoms with Crippen molar-refractivity contribution in [2.75, 3.05) is 26.2 Å². The number of phenolic OH excluding ortho intramolecular Hbond substituents is 1. The maximum Gasteiger partial charge on any atom is 0.254 e. The van der Waals surface area contributed by atoms with Crippen molar-refractivity contribution in [3.63, 3.8) is 0 Å². The maximum atomic E-state index is 12.4. The number of rotatable bonds is 2. The molecule has 0 aromatic heterocycles. The highest BCUT2D eigenvalue weighted by atomic mass is 127. The number of halogens is 1. The number of hydrogen-bond acceptors (Lipinski definition) is 3. The number of nitrogens with zero attached hydrogens (tertiary/aromatic N) is 2. The summed E-state index contributed by atoms with van der Waals surface area (Å²) in [4.78, 5) is 16.6. The van der Waals surface area contributed by atoms with Crippen LogP contribution in [0.25, 0.3) is 0 Å². The number of carbonyl (C=O) groups excluding carboxylic acids is 1. The molecule has 0 radical (unpaired) electrons. The van der Waals surface area contributed by atoms with Crippen LogP contribution < -0.4 is 0 Å². The molecule has 1 saturated heterocycles. The zero-order chi connectivity index (χ0) is 14.0. The molecular formula is C14H19IN2O2. The molecule has 4 nitrogen and oxygen atoms in total. The minimum Gasteiger partial charge on any atom is -0.507 e. The second-order valence-electron chi connectivity index (χ2n) is 4.89. The van der Waals surface area contributed by atoms with Crippen LogP contribution in [0, 0.1) is 3.57 Å². The van der Waals surface area contributed by atoms with Crippen LogP contribution >= 0.6 is 22.6 Å². The number of aromatic hydroxyl groups is 1. The third-order valence-electron chi connectivity index (χ3n) is 3.65. The van der Waals surface area contributed by atoms with Gasteiger partial charge in [-0.25, -0.2) is 0 Å². The van der Waals surface area contributed by atoms with Gasteiger partial charge >= 0.3 is 0 Å². The summed E-state index contributed by atoms with van der Waals surface area (Å²) >= 11 is 2.05. The summed E-state index contributed by atoms with van der Waals surface area (Å²) in [6.45, 7) is 7.73. The van der Waals surface area contributed by atoms with Crippen LogP contribution in [0.3, 0.4) is 0 Å². The minimum atomic E-state index is 0.00861. The Labute approximate surface area is 127 Å². The molecule has 19 heavy (non-hydrogen) atoms. The lowest BCUT2D eigenvalue weighted by Crippen LogP contribution is -2.53. The first-order valence-corrected chi connectivity index (χ1v) is 7.62. The van der Waals surface area contributed by atoms with E-state index in [1.54, 1.807) is 18.2 Å². The Morgan fingerprint density at radius 1 is 1.47 bits per heavy atom. The Morgan fingerprint density at radius 3 is 2.79 bits per heavy atom. The van der Waals surface area contributed by atoms with Crippen molar-refractivity contribution in [3.8, 4) is 5.75 Å². The number of amides is 1. The summed E-state index contributed by atoms with van der Waals surface area (Å²) < 4.78 is 0.762. The third kappa shape index (κ3) is 3.20. The van der Waals surface area contributed by atoms with E-state index in [0.717, 1.165) is 29.7 Å². The van der Waals surface area contributed by atoms with Crippen LogP contribution in [-0.4, -0.2) is 53.0 Å². The summed E-state index contributed by atoms with van der Waals surface area (Å²) in [7, 11) is 0. The van der Waals surface area contributed by atoms with E-state index >= 15 is 0 Å². The van der Waals surface area contributed by atoms with Gasteiger partial charge in [0.25, 0.3) is 5.91 Å². The van der Waals surface area contributed by atoms with Gasteiger partial charge in [0.05, 0.1) is 3.57 Å². The van der Waals surface area contributed by atoms with Crippen molar-refractivity contribution in [3.05, 3.63) is 27.3 Å². The van der Waals surface area contributed by atoms with Crippen molar-refractivity contribution in [1.29, 1.82) is 0 Å². The first-order chi connectivity index (χ1) is 9.02. The molecule has 1 aromatic rings. The Balaban J connectivity index is 2.10. The zero-order valence-corrected chi connectivity index (χ0v) is 13.4.